The minimum atomic E-state index is -1.15. The Kier molecular flexibility index (Phi) is 4.08. The van der Waals surface area contributed by atoms with Crippen molar-refractivity contribution in [3.63, 3.8) is 0 Å². The number of piperazine rings is 1. The number of carbonyl (C=O) groups excluding carboxylic acids is 3. The first kappa shape index (κ1) is 18.4. The van der Waals surface area contributed by atoms with Crippen LogP contribution in [0.2, 0.25) is 0 Å². The molecule has 2 atom stereocenters. The topological polar surface area (TPSA) is 57.7 Å². The van der Waals surface area contributed by atoms with Gasteiger partial charge in [-0.15, -0.1) is 0 Å². The number of carbonyl (C=O) groups is 3. The molecule has 5 nitrogen and oxygen atoms in total. The molecule has 1 aromatic rings. The molecule has 0 unspecified atom stereocenters. The van der Waals surface area contributed by atoms with Crippen LogP contribution in [0.15, 0.2) is 30.3 Å². The van der Waals surface area contributed by atoms with Crippen LogP contribution in [-0.4, -0.2) is 53.5 Å². The van der Waals surface area contributed by atoms with Gasteiger partial charge >= 0.3 is 0 Å². The zero-order valence-electron chi connectivity index (χ0n) is 16.5. The minimum absolute atomic E-state index is 0.119. The van der Waals surface area contributed by atoms with Gasteiger partial charge in [0, 0.05) is 38.1 Å². The van der Waals surface area contributed by atoms with E-state index < -0.39 is 22.0 Å². The van der Waals surface area contributed by atoms with Crippen LogP contribution in [0.25, 0.3) is 0 Å². The molecule has 3 aliphatic rings. The summed E-state index contributed by atoms with van der Waals surface area (Å²) in [5, 5.41) is 0. The van der Waals surface area contributed by atoms with Gasteiger partial charge in [0.15, 0.2) is 0 Å². The van der Waals surface area contributed by atoms with Gasteiger partial charge in [-0.1, -0.05) is 51.1 Å². The van der Waals surface area contributed by atoms with Crippen molar-refractivity contribution in [2.24, 2.45) is 16.2 Å². The zero-order chi connectivity index (χ0) is 19.4. The highest BCUT2D eigenvalue weighted by Crippen LogP contribution is 2.69. The maximum Gasteiger partial charge on any atom is 0.237 e. The molecular weight excluding hydrogens is 340 g/mol. The van der Waals surface area contributed by atoms with Crippen LogP contribution in [0.1, 0.15) is 39.2 Å². The number of hydrogen-bond acceptors (Lipinski definition) is 4. The molecule has 4 rings (SSSR count). The molecule has 1 aromatic carbocycles. The SMILES string of the molecule is CC1(C)[C@@]2(C(=O)N3CCN(Cc4ccccc4)CC3)CC[C@]1(C)C(=O)C2=O. The average Bonchev–Trinajstić information content (AvgIpc) is 2.94. The van der Waals surface area contributed by atoms with E-state index in [1.165, 1.54) is 5.56 Å². The van der Waals surface area contributed by atoms with Crippen molar-refractivity contribution in [3.05, 3.63) is 35.9 Å². The Balaban J connectivity index is 1.48. The molecule has 5 heteroatoms. The van der Waals surface area contributed by atoms with Crippen LogP contribution in [0, 0.1) is 16.2 Å². The lowest BCUT2D eigenvalue weighted by molar-refractivity contribution is -0.156. The fraction of sp³-hybridized carbons (Fsp3) is 0.591. The third-order valence-corrected chi connectivity index (χ3v) is 7.81. The predicted octanol–water partition coefficient (Wildman–Crippen LogP) is 2.30. The van der Waals surface area contributed by atoms with Crippen molar-refractivity contribution >= 4 is 17.5 Å². The summed E-state index contributed by atoms with van der Waals surface area (Å²) in [4.78, 5) is 43.2. The van der Waals surface area contributed by atoms with E-state index in [4.69, 9.17) is 0 Å². The molecule has 1 amide bonds. The van der Waals surface area contributed by atoms with E-state index in [9.17, 15) is 14.4 Å². The summed E-state index contributed by atoms with van der Waals surface area (Å²) in [6, 6.07) is 10.3. The summed E-state index contributed by atoms with van der Waals surface area (Å²) in [5.41, 5.74) is -1.21. The van der Waals surface area contributed by atoms with E-state index in [0.29, 0.717) is 25.9 Å². The largest absolute Gasteiger partial charge is 0.339 e. The Hall–Kier alpha value is -2.01. The molecule has 2 bridgehead atoms. The third kappa shape index (κ3) is 2.30. The summed E-state index contributed by atoms with van der Waals surface area (Å²) >= 11 is 0. The lowest BCUT2D eigenvalue weighted by Gasteiger charge is -2.42. The molecule has 2 aliphatic carbocycles. The quantitative estimate of drug-likeness (QED) is 0.607. The molecular formula is C22H28N2O3. The Morgan fingerprint density at radius 2 is 1.56 bits per heavy atom. The monoisotopic (exact) mass is 368 g/mol. The molecule has 1 aliphatic heterocycles. The van der Waals surface area contributed by atoms with Gasteiger partial charge in [0.1, 0.15) is 5.41 Å². The number of rotatable bonds is 3. The third-order valence-electron chi connectivity index (χ3n) is 7.81. The second-order valence-corrected chi connectivity index (χ2v) is 9.07. The van der Waals surface area contributed by atoms with Gasteiger partial charge in [-0.25, -0.2) is 0 Å². The molecule has 0 spiro atoms. The molecule has 0 radical (unpaired) electrons. The number of fused-ring (bicyclic) bond motifs is 2. The van der Waals surface area contributed by atoms with E-state index in [0.717, 1.165) is 19.6 Å². The van der Waals surface area contributed by atoms with Crippen LogP contribution >= 0.6 is 0 Å². The van der Waals surface area contributed by atoms with Crippen molar-refractivity contribution in [1.82, 2.24) is 9.80 Å². The summed E-state index contributed by atoms with van der Waals surface area (Å²) in [5.74, 6) is -0.904. The van der Waals surface area contributed by atoms with Crippen molar-refractivity contribution in [2.45, 2.75) is 40.2 Å². The van der Waals surface area contributed by atoms with Crippen molar-refractivity contribution in [3.8, 4) is 0 Å². The molecule has 0 N–H and O–H groups in total. The molecule has 0 aromatic heterocycles. The van der Waals surface area contributed by atoms with Gasteiger partial charge < -0.3 is 4.90 Å². The second kappa shape index (κ2) is 5.99. The molecule has 3 fully saturated rings. The van der Waals surface area contributed by atoms with Crippen LogP contribution in [0.3, 0.4) is 0 Å². The molecule has 144 valence electrons. The predicted molar refractivity (Wildman–Crippen MR) is 102 cm³/mol. The molecule has 2 saturated carbocycles. The Labute approximate surface area is 160 Å². The summed E-state index contributed by atoms with van der Waals surface area (Å²) < 4.78 is 0. The lowest BCUT2D eigenvalue weighted by atomic mass is 9.64. The van der Waals surface area contributed by atoms with E-state index in [1.807, 2.05) is 43.9 Å². The summed E-state index contributed by atoms with van der Waals surface area (Å²) in [6.07, 6.45) is 1.13. The highest BCUT2D eigenvalue weighted by atomic mass is 16.2. The average molecular weight is 368 g/mol. The van der Waals surface area contributed by atoms with Crippen molar-refractivity contribution < 1.29 is 14.4 Å². The van der Waals surface area contributed by atoms with Gasteiger partial charge in [-0.3, -0.25) is 19.3 Å². The summed E-state index contributed by atoms with van der Waals surface area (Å²) in [7, 11) is 0. The molecule has 27 heavy (non-hydrogen) atoms. The first-order chi connectivity index (χ1) is 12.7. The second-order valence-electron chi connectivity index (χ2n) is 9.07. The standard InChI is InChI=1S/C22H28N2O3/c1-20(2)21(3)9-10-22(20,18(26)17(21)25)19(27)24-13-11-23(12-14-24)15-16-7-5-4-6-8-16/h4-8H,9-15H2,1-3H3/t21-,22+/m1/s1. The first-order valence-electron chi connectivity index (χ1n) is 9.89. The highest BCUT2D eigenvalue weighted by molar-refractivity contribution is 6.48. The molecule has 1 heterocycles. The van der Waals surface area contributed by atoms with Crippen LogP contribution < -0.4 is 0 Å². The van der Waals surface area contributed by atoms with Gasteiger partial charge in [0.2, 0.25) is 17.5 Å². The van der Waals surface area contributed by atoms with Crippen molar-refractivity contribution in [2.75, 3.05) is 26.2 Å². The highest BCUT2D eigenvalue weighted by Gasteiger charge is 2.78. The Morgan fingerprint density at radius 3 is 2.11 bits per heavy atom. The first-order valence-corrected chi connectivity index (χ1v) is 9.89. The summed E-state index contributed by atoms with van der Waals surface area (Å²) in [6.45, 7) is 9.41. The lowest BCUT2D eigenvalue weighted by Crippen LogP contribution is -2.57. The van der Waals surface area contributed by atoms with E-state index in [1.54, 1.807) is 0 Å². The Bertz CT molecular complexity index is 795. The van der Waals surface area contributed by atoms with Crippen LogP contribution in [-0.2, 0) is 20.9 Å². The van der Waals surface area contributed by atoms with Crippen LogP contribution in [0.5, 0.6) is 0 Å². The molecule has 1 saturated heterocycles. The van der Waals surface area contributed by atoms with Gasteiger partial charge in [0.05, 0.1) is 0 Å². The van der Waals surface area contributed by atoms with Gasteiger partial charge in [-0.05, 0) is 23.8 Å². The van der Waals surface area contributed by atoms with Gasteiger partial charge in [0.25, 0.3) is 0 Å². The van der Waals surface area contributed by atoms with E-state index in [2.05, 4.69) is 17.0 Å². The number of benzene rings is 1. The fourth-order valence-corrected chi connectivity index (χ4v) is 5.46. The van der Waals surface area contributed by atoms with Crippen molar-refractivity contribution in [1.29, 1.82) is 0 Å². The minimum Gasteiger partial charge on any atom is -0.339 e. The number of amides is 1. The van der Waals surface area contributed by atoms with E-state index >= 15 is 0 Å². The van der Waals surface area contributed by atoms with Gasteiger partial charge in [-0.2, -0.15) is 0 Å². The van der Waals surface area contributed by atoms with Crippen LogP contribution in [0.4, 0.5) is 0 Å². The zero-order valence-corrected chi connectivity index (χ0v) is 16.5. The maximum absolute atomic E-state index is 13.5. The smallest absolute Gasteiger partial charge is 0.237 e. The normalized spacial score (nSPS) is 32.9. The number of Topliss-reactive ketones (excluding diaryl/α,β-unsaturated/α-hetero) is 2. The number of hydrogen-bond donors (Lipinski definition) is 0. The number of nitrogens with zero attached hydrogens (tertiary/aromatic N) is 2. The number of ketones is 2. The Morgan fingerprint density at radius 1 is 0.926 bits per heavy atom. The maximum atomic E-state index is 13.5. The fourth-order valence-electron chi connectivity index (χ4n) is 5.46. The van der Waals surface area contributed by atoms with E-state index in [-0.39, 0.29) is 11.7 Å².